The van der Waals surface area contributed by atoms with E-state index in [2.05, 4.69) is 15.9 Å². The fraction of sp³-hybridized carbons (Fsp3) is 0.167. The molecule has 1 saturated heterocycles. The van der Waals surface area contributed by atoms with Gasteiger partial charge in [-0.1, -0.05) is 12.1 Å². The number of halogens is 1. The molecule has 6 nitrogen and oxygen atoms in total. The van der Waals surface area contributed by atoms with Crippen molar-refractivity contribution in [2.75, 3.05) is 12.0 Å². The molecule has 2 heterocycles. The third kappa shape index (κ3) is 3.65. The lowest BCUT2D eigenvalue weighted by Gasteiger charge is -2.23. The van der Waals surface area contributed by atoms with E-state index in [1.165, 1.54) is 12.0 Å². The Morgan fingerprint density at radius 3 is 2.48 bits per heavy atom. The van der Waals surface area contributed by atoms with Crippen molar-refractivity contribution in [3.8, 4) is 5.75 Å². The van der Waals surface area contributed by atoms with Gasteiger partial charge in [0.15, 0.2) is 0 Å². The van der Waals surface area contributed by atoms with Crippen LogP contribution in [-0.2, 0) is 9.59 Å². The highest BCUT2D eigenvalue weighted by Gasteiger charge is 2.48. The first kappa shape index (κ1) is 20.9. The number of benzene rings is 2. The second-order valence-corrected chi connectivity index (χ2v) is 8.16. The first-order chi connectivity index (χ1) is 14.8. The highest BCUT2D eigenvalue weighted by Crippen LogP contribution is 2.43. The minimum absolute atomic E-state index is 0.0297. The lowest BCUT2D eigenvalue weighted by atomic mass is 9.99. The zero-order chi connectivity index (χ0) is 22.3. The van der Waals surface area contributed by atoms with Gasteiger partial charge in [-0.3, -0.25) is 14.5 Å². The average Bonchev–Trinajstić information content (AvgIpc) is 3.28. The molecule has 3 aromatic rings. The largest absolute Gasteiger partial charge is 0.507 e. The van der Waals surface area contributed by atoms with E-state index in [-0.39, 0.29) is 11.3 Å². The number of rotatable bonds is 4. The van der Waals surface area contributed by atoms with Crippen LogP contribution in [0.2, 0.25) is 0 Å². The highest BCUT2D eigenvalue weighted by atomic mass is 79.9. The summed E-state index contributed by atoms with van der Waals surface area (Å²) in [7, 11) is 1.53. The first-order valence-electron chi connectivity index (χ1n) is 9.59. The van der Waals surface area contributed by atoms with Crippen molar-refractivity contribution in [1.29, 1.82) is 0 Å². The molecule has 1 atom stereocenters. The Hall–Kier alpha value is -3.32. The molecule has 2 aromatic carbocycles. The Morgan fingerprint density at radius 1 is 1.10 bits per heavy atom. The maximum atomic E-state index is 13.1. The summed E-state index contributed by atoms with van der Waals surface area (Å²) in [5.41, 5.74) is 1.84. The molecule has 1 amide bonds. The number of aryl methyl sites for hydroxylation is 2. The Labute approximate surface area is 187 Å². The Balaban J connectivity index is 1.93. The van der Waals surface area contributed by atoms with E-state index in [4.69, 9.17) is 9.15 Å². The number of carbonyl (C=O) groups is 2. The van der Waals surface area contributed by atoms with Crippen LogP contribution in [0.1, 0.15) is 28.7 Å². The van der Waals surface area contributed by atoms with Crippen LogP contribution in [0.4, 0.5) is 5.69 Å². The molecule has 158 valence electrons. The standard InChI is InChI=1S/C24H20BrNO5/c1-13-5-4-6-16(11-13)26-21(19-9-7-14(2)31-19)20(23(28)24(26)29)22(27)15-8-10-18(30-3)17(25)12-15/h4-12,21,27H,1-3H3/b22-20-. The normalized spacial score (nSPS) is 17.9. The van der Waals surface area contributed by atoms with Gasteiger partial charge in [-0.15, -0.1) is 0 Å². The molecular formula is C24H20BrNO5. The van der Waals surface area contributed by atoms with Crippen LogP contribution in [0.15, 0.2) is 69.1 Å². The molecule has 0 saturated carbocycles. The van der Waals surface area contributed by atoms with E-state index in [0.29, 0.717) is 33.0 Å². The predicted molar refractivity (Wildman–Crippen MR) is 120 cm³/mol. The molecule has 1 aromatic heterocycles. The molecule has 0 spiro atoms. The molecule has 1 unspecified atom stereocenters. The molecule has 7 heteroatoms. The minimum Gasteiger partial charge on any atom is -0.507 e. The predicted octanol–water partition coefficient (Wildman–Crippen LogP) is 5.29. The highest BCUT2D eigenvalue weighted by molar-refractivity contribution is 9.10. The number of hydrogen-bond donors (Lipinski definition) is 1. The summed E-state index contributed by atoms with van der Waals surface area (Å²) in [6.45, 7) is 3.68. The number of anilines is 1. The van der Waals surface area contributed by atoms with E-state index < -0.39 is 17.7 Å². The molecule has 0 aliphatic carbocycles. The molecule has 1 aliphatic rings. The molecule has 0 radical (unpaired) electrons. The summed E-state index contributed by atoms with van der Waals surface area (Å²) >= 11 is 3.39. The summed E-state index contributed by atoms with van der Waals surface area (Å²) in [4.78, 5) is 27.6. The summed E-state index contributed by atoms with van der Waals surface area (Å²) in [6, 6.07) is 14.8. The van der Waals surface area contributed by atoms with Gasteiger partial charge >= 0.3 is 0 Å². The average molecular weight is 482 g/mol. The fourth-order valence-corrected chi connectivity index (χ4v) is 4.26. The van der Waals surface area contributed by atoms with Crippen molar-refractivity contribution in [2.24, 2.45) is 0 Å². The van der Waals surface area contributed by atoms with Gasteiger partial charge < -0.3 is 14.3 Å². The molecule has 1 fully saturated rings. The molecule has 4 rings (SSSR count). The van der Waals surface area contributed by atoms with Crippen LogP contribution in [0.25, 0.3) is 5.76 Å². The van der Waals surface area contributed by atoms with Crippen molar-refractivity contribution in [3.05, 3.63) is 87.3 Å². The number of hydrogen-bond acceptors (Lipinski definition) is 5. The number of Topliss-reactive ketones (excluding diaryl/α,β-unsaturated/α-hetero) is 1. The van der Waals surface area contributed by atoms with Crippen molar-refractivity contribution >= 4 is 39.1 Å². The number of methoxy groups -OCH3 is 1. The SMILES string of the molecule is COc1ccc(/C(O)=C2/C(=O)C(=O)N(c3cccc(C)c3)C2c2ccc(C)o2)cc1Br. The van der Waals surface area contributed by atoms with Crippen molar-refractivity contribution in [2.45, 2.75) is 19.9 Å². The number of nitrogens with zero attached hydrogens (tertiary/aromatic N) is 1. The van der Waals surface area contributed by atoms with Gasteiger partial charge in [-0.2, -0.15) is 0 Å². The topological polar surface area (TPSA) is 80.0 Å². The van der Waals surface area contributed by atoms with E-state index in [9.17, 15) is 14.7 Å². The molecular weight excluding hydrogens is 462 g/mol. The zero-order valence-corrected chi connectivity index (χ0v) is 18.8. The number of aliphatic hydroxyl groups is 1. The summed E-state index contributed by atoms with van der Waals surface area (Å²) < 4.78 is 11.6. The van der Waals surface area contributed by atoms with Gasteiger partial charge in [0.2, 0.25) is 0 Å². The summed E-state index contributed by atoms with van der Waals surface area (Å²) in [6.07, 6.45) is 0. The van der Waals surface area contributed by atoms with Crippen molar-refractivity contribution in [1.82, 2.24) is 0 Å². The van der Waals surface area contributed by atoms with Crippen molar-refractivity contribution in [3.63, 3.8) is 0 Å². The molecule has 1 N–H and O–H groups in total. The van der Waals surface area contributed by atoms with Gasteiger partial charge in [0.05, 0.1) is 17.2 Å². The maximum absolute atomic E-state index is 13.1. The van der Waals surface area contributed by atoms with Crippen LogP contribution in [-0.4, -0.2) is 23.9 Å². The lowest BCUT2D eigenvalue weighted by molar-refractivity contribution is -0.132. The number of carbonyl (C=O) groups excluding carboxylic acids is 2. The Bertz CT molecular complexity index is 1230. The van der Waals surface area contributed by atoms with Crippen LogP contribution in [0.5, 0.6) is 5.75 Å². The molecule has 31 heavy (non-hydrogen) atoms. The quantitative estimate of drug-likeness (QED) is 0.311. The van der Waals surface area contributed by atoms with Crippen LogP contribution < -0.4 is 9.64 Å². The van der Waals surface area contributed by atoms with Gasteiger partial charge in [-0.05, 0) is 77.8 Å². The minimum atomic E-state index is -0.892. The van der Waals surface area contributed by atoms with Gasteiger partial charge in [-0.25, -0.2) is 0 Å². The van der Waals surface area contributed by atoms with Crippen LogP contribution in [0.3, 0.4) is 0 Å². The second-order valence-electron chi connectivity index (χ2n) is 7.31. The molecule has 0 bridgehead atoms. The number of furan rings is 1. The number of aliphatic hydroxyl groups excluding tert-OH is 1. The van der Waals surface area contributed by atoms with Crippen LogP contribution in [0, 0.1) is 13.8 Å². The Kier molecular flexibility index (Phi) is 5.45. The molecule has 1 aliphatic heterocycles. The fourth-order valence-electron chi connectivity index (χ4n) is 3.72. The third-order valence-corrected chi connectivity index (χ3v) is 5.80. The number of ether oxygens (including phenoxy) is 1. The third-order valence-electron chi connectivity index (χ3n) is 5.18. The van der Waals surface area contributed by atoms with E-state index in [1.54, 1.807) is 43.3 Å². The Morgan fingerprint density at radius 2 is 1.87 bits per heavy atom. The number of ketones is 1. The number of amides is 1. The first-order valence-corrected chi connectivity index (χ1v) is 10.4. The second kappa shape index (κ2) is 8.07. The van der Waals surface area contributed by atoms with E-state index >= 15 is 0 Å². The monoisotopic (exact) mass is 481 g/mol. The lowest BCUT2D eigenvalue weighted by Crippen LogP contribution is -2.29. The van der Waals surface area contributed by atoms with Gasteiger partial charge in [0.25, 0.3) is 11.7 Å². The smallest absolute Gasteiger partial charge is 0.300 e. The van der Waals surface area contributed by atoms with E-state index in [0.717, 1.165) is 5.56 Å². The van der Waals surface area contributed by atoms with Crippen LogP contribution >= 0.6 is 15.9 Å². The van der Waals surface area contributed by atoms with Crippen molar-refractivity contribution < 1.29 is 23.8 Å². The maximum Gasteiger partial charge on any atom is 0.300 e. The van der Waals surface area contributed by atoms with Gasteiger partial charge in [0, 0.05) is 11.3 Å². The summed E-state index contributed by atoms with van der Waals surface area (Å²) in [5.74, 6) is -0.168. The zero-order valence-electron chi connectivity index (χ0n) is 17.2. The summed E-state index contributed by atoms with van der Waals surface area (Å²) in [5, 5.41) is 11.1. The van der Waals surface area contributed by atoms with Gasteiger partial charge in [0.1, 0.15) is 29.1 Å². The van der Waals surface area contributed by atoms with E-state index in [1.807, 2.05) is 25.1 Å².